The van der Waals surface area contributed by atoms with Crippen LogP contribution in [0.4, 0.5) is 0 Å². The first-order valence-corrected chi connectivity index (χ1v) is 9.95. The number of piperidine rings is 1. The summed E-state index contributed by atoms with van der Waals surface area (Å²) in [7, 11) is -3.52. The Kier molecular flexibility index (Phi) is 4.73. The lowest BCUT2D eigenvalue weighted by Gasteiger charge is -2.29. The van der Waals surface area contributed by atoms with Crippen molar-refractivity contribution in [2.45, 2.75) is 38.5 Å². The molecule has 7 heteroatoms. The number of hydrogen-bond donors (Lipinski definition) is 0. The molecule has 1 aliphatic rings. The Hall–Kier alpha value is -1.37. The Morgan fingerprint density at radius 1 is 1.12 bits per heavy atom. The Bertz CT molecular complexity index is 835. The fourth-order valence-corrected chi connectivity index (χ4v) is 5.14. The molecule has 0 spiro atoms. The van der Waals surface area contributed by atoms with Gasteiger partial charge in [0.1, 0.15) is 4.90 Å². The molecule has 0 N–H and O–H groups in total. The Morgan fingerprint density at radius 2 is 1.71 bits per heavy atom. The maximum atomic E-state index is 13.1. The standard InChI is InChI=1S/C17H22ClN3O2S/c1-12-8-10-20(11-9-12)24(22,23)17-13(2)19-21(14(17)3)16-6-4-15(18)5-7-16/h4-7,12H,8-11H2,1-3H3. The number of sulfonamides is 1. The van der Waals surface area contributed by atoms with Crippen LogP contribution in [0.15, 0.2) is 29.2 Å². The van der Waals surface area contributed by atoms with Crippen molar-refractivity contribution in [2.75, 3.05) is 13.1 Å². The average Bonchev–Trinajstić information content (AvgIpc) is 2.84. The van der Waals surface area contributed by atoms with Gasteiger partial charge >= 0.3 is 0 Å². The smallest absolute Gasteiger partial charge is 0.236 e. The van der Waals surface area contributed by atoms with E-state index in [2.05, 4.69) is 12.0 Å². The van der Waals surface area contributed by atoms with Gasteiger partial charge in [-0.25, -0.2) is 13.1 Å². The largest absolute Gasteiger partial charge is 0.246 e. The van der Waals surface area contributed by atoms with Crippen LogP contribution in [0, 0.1) is 19.8 Å². The van der Waals surface area contributed by atoms with Crippen LogP contribution < -0.4 is 0 Å². The first-order valence-electron chi connectivity index (χ1n) is 8.13. The number of aromatic nitrogens is 2. The molecule has 1 aromatic carbocycles. The second kappa shape index (κ2) is 6.50. The predicted octanol–water partition coefficient (Wildman–Crippen LogP) is 3.56. The van der Waals surface area contributed by atoms with Gasteiger partial charge in [-0.05, 0) is 56.9 Å². The first-order chi connectivity index (χ1) is 11.3. The van der Waals surface area contributed by atoms with Crippen molar-refractivity contribution in [3.05, 3.63) is 40.7 Å². The van der Waals surface area contributed by atoms with Gasteiger partial charge in [0.2, 0.25) is 10.0 Å². The number of halogens is 1. The highest BCUT2D eigenvalue weighted by molar-refractivity contribution is 7.89. The Labute approximate surface area is 148 Å². The van der Waals surface area contributed by atoms with Crippen LogP contribution in [0.2, 0.25) is 5.02 Å². The molecule has 0 aliphatic carbocycles. The van der Waals surface area contributed by atoms with Gasteiger partial charge in [-0.3, -0.25) is 0 Å². The van der Waals surface area contributed by atoms with Crippen molar-refractivity contribution in [3.8, 4) is 5.69 Å². The molecule has 0 unspecified atom stereocenters. The highest BCUT2D eigenvalue weighted by Crippen LogP contribution is 2.29. The third-order valence-corrected chi connectivity index (χ3v) is 7.04. The lowest BCUT2D eigenvalue weighted by atomic mass is 10.0. The molecule has 1 saturated heterocycles. The summed E-state index contributed by atoms with van der Waals surface area (Å²) in [5.41, 5.74) is 1.96. The van der Waals surface area contributed by atoms with Crippen molar-refractivity contribution in [2.24, 2.45) is 5.92 Å². The van der Waals surface area contributed by atoms with E-state index in [0.29, 0.717) is 40.3 Å². The molecular weight excluding hydrogens is 346 g/mol. The minimum Gasteiger partial charge on any atom is -0.236 e. The van der Waals surface area contributed by atoms with E-state index in [1.807, 2.05) is 12.1 Å². The monoisotopic (exact) mass is 367 g/mol. The molecule has 2 aromatic rings. The molecule has 1 aromatic heterocycles. The van der Waals surface area contributed by atoms with Gasteiger partial charge in [0.25, 0.3) is 0 Å². The van der Waals surface area contributed by atoms with Crippen LogP contribution in [0.3, 0.4) is 0 Å². The van der Waals surface area contributed by atoms with Gasteiger partial charge in [0, 0.05) is 18.1 Å². The molecule has 0 radical (unpaired) electrons. The van der Waals surface area contributed by atoms with E-state index in [-0.39, 0.29) is 0 Å². The maximum absolute atomic E-state index is 13.1. The molecule has 130 valence electrons. The number of aryl methyl sites for hydroxylation is 1. The highest BCUT2D eigenvalue weighted by Gasteiger charge is 2.33. The summed E-state index contributed by atoms with van der Waals surface area (Å²) in [4.78, 5) is 0.326. The van der Waals surface area contributed by atoms with E-state index in [1.54, 1.807) is 35.0 Å². The SMILES string of the molecule is Cc1nn(-c2ccc(Cl)cc2)c(C)c1S(=O)(=O)N1CCC(C)CC1. The summed E-state index contributed by atoms with van der Waals surface area (Å²) in [5.74, 6) is 0.579. The molecule has 0 atom stereocenters. The number of rotatable bonds is 3. The number of benzene rings is 1. The fraction of sp³-hybridized carbons (Fsp3) is 0.471. The fourth-order valence-electron chi connectivity index (χ4n) is 3.19. The van der Waals surface area contributed by atoms with E-state index in [0.717, 1.165) is 18.5 Å². The van der Waals surface area contributed by atoms with E-state index < -0.39 is 10.0 Å². The molecule has 0 bridgehead atoms. The highest BCUT2D eigenvalue weighted by atomic mass is 35.5. The summed E-state index contributed by atoms with van der Waals surface area (Å²) >= 11 is 5.93. The van der Waals surface area contributed by atoms with Crippen molar-refractivity contribution in [1.82, 2.24) is 14.1 Å². The molecule has 1 fully saturated rings. The van der Waals surface area contributed by atoms with Crippen molar-refractivity contribution >= 4 is 21.6 Å². The van der Waals surface area contributed by atoms with Gasteiger partial charge in [0.05, 0.1) is 17.1 Å². The molecular formula is C17H22ClN3O2S. The van der Waals surface area contributed by atoms with Crippen LogP contribution in [0.1, 0.15) is 31.2 Å². The summed E-state index contributed by atoms with van der Waals surface area (Å²) in [6.45, 7) is 6.87. The molecule has 0 amide bonds. The normalized spacial score (nSPS) is 17.3. The third-order valence-electron chi connectivity index (χ3n) is 4.64. The van der Waals surface area contributed by atoms with Crippen LogP contribution in [0.5, 0.6) is 0 Å². The number of hydrogen-bond acceptors (Lipinski definition) is 3. The summed E-state index contributed by atoms with van der Waals surface area (Å²) in [5, 5.41) is 5.09. The van der Waals surface area contributed by atoms with Gasteiger partial charge in [-0.1, -0.05) is 18.5 Å². The number of nitrogens with zero attached hydrogens (tertiary/aromatic N) is 3. The average molecular weight is 368 g/mol. The van der Waals surface area contributed by atoms with Gasteiger partial charge in [-0.2, -0.15) is 9.40 Å². The minimum atomic E-state index is -3.52. The third kappa shape index (κ3) is 3.10. The molecule has 1 aliphatic heterocycles. The van der Waals surface area contributed by atoms with Gasteiger partial charge in [-0.15, -0.1) is 0 Å². The van der Waals surface area contributed by atoms with Crippen LogP contribution in [-0.2, 0) is 10.0 Å². The quantitative estimate of drug-likeness (QED) is 0.833. The first kappa shape index (κ1) is 17.5. The molecule has 5 nitrogen and oxygen atoms in total. The van der Waals surface area contributed by atoms with Crippen molar-refractivity contribution < 1.29 is 8.42 Å². The van der Waals surface area contributed by atoms with E-state index in [9.17, 15) is 8.42 Å². The van der Waals surface area contributed by atoms with Crippen LogP contribution >= 0.6 is 11.6 Å². The Balaban J connectivity index is 2.01. The van der Waals surface area contributed by atoms with Crippen LogP contribution in [-0.4, -0.2) is 35.6 Å². The van der Waals surface area contributed by atoms with Gasteiger partial charge in [0.15, 0.2) is 0 Å². The molecule has 24 heavy (non-hydrogen) atoms. The molecule has 3 rings (SSSR count). The Morgan fingerprint density at radius 3 is 2.29 bits per heavy atom. The predicted molar refractivity (Wildman–Crippen MR) is 95.2 cm³/mol. The van der Waals surface area contributed by atoms with E-state index in [1.165, 1.54) is 0 Å². The topological polar surface area (TPSA) is 55.2 Å². The van der Waals surface area contributed by atoms with E-state index in [4.69, 9.17) is 11.6 Å². The van der Waals surface area contributed by atoms with Crippen molar-refractivity contribution in [1.29, 1.82) is 0 Å². The van der Waals surface area contributed by atoms with Gasteiger partial charge < -0.3 is 0 Å². The molecule has 2 heterocycles. The molecule has 0 saturated carbocycles. The summed E-state index contributed by atoms with van der Waals surface area (Å²) in [6.07, 6.45) is 1.81. The zero-order chi connectivity index (χ0) is 17.5. The maximum Gasteiger partial charge on any atom is 0.246 e. The van der Waals surface area contributed by atoms with Crippen LogP contribution in [0.25, 0.3) is 5.69 Å². The second-order valence-electron chi connectivity index (χ2n) is 6.47. The second-order valence-corrected chi connectivity index (χ2v) is 8.79. The van der Waals surface area contributed by atoms with Crippen molar-refractivity contribution in [3.63, 3.8) is 0 Å². The minimum absolute atomic E-state index is 0.326. The lowest BCUT2D eigenvalue weighted by Crippen LogP contribution is -2.38. The van der Waals surface area contributed by atoms with E-state index >= 15 is 0 Å². The summed E-state index contributed by atoms with van der Waals surface area (Å²) in [6, 6.07) is 7.21. The zero-order valence-electron chi connectivity index (χ0n) is 14.2. The lowest BCUT2D eigenvalue weighted by molar-refractivity contribution is 0.288. The zero-order valence-corrected chi connectivity index (χ0v) is 15.7. The summed E-state index contributed by atoms with van der Waals surface area (Å²) < 4.78 is 29.4.